The van der Waals surface area contributed by atoms with E-state index in [9.17, 15) is 4.79 Å². The van der Waals surface area contributed by atoms with Crippen LogP contribution < -0.4 is 11.1 Å². The van der Waals surface area contributed by atoms with Crippen molar-refractivity contribution in [2.24, 2.45) is 0 Å². The number of amides is 1. The Morgan fingerprint density at radius 2 is 2.06 bits per heavy atom. The summed E-state index contributed by atoms with van der Waals surface area (Å²) in [6.45, 7) is 3.60. The van der Waals surface area contributed by atoms with Crippen molar-refractivity contribution in [1.29, 1.82) is 0 Å². The van der Waals surface area contributed by atoms with Gasteiger partial charge in [0.15, 0.2) is 0 Å². The van der Waals surface area contributed by atoms with Crippen molar-refractivity contribution >= 4 is 34.8 Å². The van der Waals surface area contributed by atoms with E-state index in [4.69, 9.17) is 34.0 Å². The van der Waals surface area contributed by atoms with Crippen molar-refractivity contribution in [2.45, 2.75) is 25.8 Å². The minimum absolute atomic E-state index is 0.0152. The Labute approximate surface area is 116 Å². The second-order valence-corrected chi connectivity index (χ2v) is 5.46. The quantitative estimate of drug-likeness (QED) is 0.746. The largest absolute Gasteiger partial charge is 0.399 e. The highest BCUT2D eigenvalue weighted by molar-refractivity contribution is 6.44. The number of carbonyl (C=O) groups is 1. The summed E-state index contributed by atoms with van der Waals surface area (Å²) >= 11 is 11.8. The molecule has 0 radical (unpaired) electrons. The van der Waals surface area contributed by atoms with Crippen molar-refractivity contribution < 1.29 is 9.90 Å². The number of nitrogen functional groups attached to an aromatic ring is 1. The number of halogens is 2. The van der Waals surface area contributed by atoms with E-state index in [2.05, 4.69) is 5.32 Å². The number of nitrogens with one attached hydrogen (secondary N) is 1. The van der Waals surface area contributed by atoms with Crippen molar-refractivity contribution in [3.05, 3.63) is 27.7 Å². The molecule has 1 aromatic rings. The molecule has 0 aliphatic rings. The fourth-order valence-corrected chi connectivity index (χ4v) is 1.91. The molecule has 0 bridgehead atoms. The lowest BCUT2D eigenvalue weighted by Gasteiger charge is -2.25. The third kappa shape index (κ3) is 3.77. The average Bonchev–Trinajstić information content (AvgIpc) is 2.22. The van der Waals surface area contributed by atoms with E-state index >= 15 is 0 Å². The highest BCUT2D eigenvalue weighted by atomic mass is 35.5. The van der Waals surface area contributed by atoms with Crippen molar-refractivity contribution in [1.82, 2.24) is 5.32 Å². The number of hydrogen-bond acceptors (Lipinski definition) is 3. The number of carbonyl (C=O) groups excluding carboxylic acids is 1. The zero-order valence-electron chi connectivity index (χ0n) is 10.3. The van der Waals surface area contributed by atoms with Crippen LogP contribution in [0.25, 0.3) is 0 Å². The molecular weight excluding hydrogens is 275 g/mol. The molecule has 0 fully saturated rings. The first-order valence-electron chi connectivity index (χ1n) is 5.45. The minimum Gasteiger partial charge on any atom is -0.399 e. The van der Waals surface area contributed by atoms with E-state index in [1.54, 1.807) is 0 Å². The fraction of sp³-hybridized carbons (Fsp3) is 0.417. The SMILES string of the molecule is CC(C)(CCO)NC(=O)c1cc(N)cc(Cl)c1Cl. The Hall–Kier alpha value is -0.970. The number of aliphatic hydroxyl groups excluding tert-OH is 1. The van der Waals surface area contributed by atoms with Gasteiger partial charge in [0, 0.05) is 17.8 Å². The maximum absolute atomic E-state index is 12.1. The zero-order chi connectivity index (χ0) is 13.9. The maximum Gasteiger partial charge on any atom is 0.253 e. The number of nitrogens with two attached hydrogens (primary N) is 1. The summed E-state index contributed by atoms with van der Waals surface area (Å²) < 4.78 is 0. The van der Waals surface area contributed by atoms with Crippen LogP contribution in [-0.2, 0) is 0 Å². The smallest absolute Gasteiger partial charge is 0.253 e. The molecule has 0 aliphatic carbocycles. The number of anilines is 1. The summed E-state index contributed by atoms with van der Waals surface area (Å²) in [5.74, 6) is -0.368. The summed E-state index contributed by atoms with van der Waals surface area (Å²) in [6.07, 6.45) is 0.437. The van der Waals surface area contributed by atoms with Gasteiger partial charge in [-0.25, -0.2) is 0 Å². The lowest BCUT2D eigenvalue weighted by atomic mass is 10.0. The summed E-state index contributed by atoms with van der Waals surface area (Å²) in [7, 11) is 0. The van der Waals surface area contributed by atoms with Gasteiger partial charge in [0.2, 0.25) is 0 Å². The Bertz CT molecular complexity index is 462. The summed E-state index contributed by atoms with van der Waals surface area (Å²) in [5.41, 5.74) is 5.69. The molecule has 4 N–H and O–H groups in total. The first-order chi connectivity index (χ1) is 8.26. The molecule has 100 valence electrons. The summed E-state index contributed by atoms with van der Waals surface area (Å²) in [6, 6.07) is 2.96. The van der Waals surface area contributed by atoms with Gasteiger partial charge >= 0.3 is 0 Å². The number of aliphatic hydroxyl groups is 1. The van der Waals surface area contributed by atoms with Gasteiger partial charge in [-0.3, -0.25) is 4.79 Å². The Kier molecular flexibility index (Phi) is 4.85. The molecular formula is C12H16Cl2N2O2. The number of rotatable bonds is 4. The molecule has 4 nitrogen and oxygen atoms in total. The van der Waals surface area contributed by atoms with Crippen LogP contribution in [0, 0.1) is 0 Å². The van der Waals surface area contributed by atoms with Crippen LogP contribution in [0.1, 0.15) is 30.6 Å². The molecule has 0 atom stereocenters. The summed E-state index contributed by atoms with van der Waals surface area (Å²) in [5, 5.41) is 12.1. The van der Waals surface area contributed by atoms with Crippen molar-refractivity contribution in [2.75, 3.05) is 12.3 Å². The van der Waals surface area contributed by atoms with E-state index < -0.39 is 5.54 Å². The van der Waals surface area contributed by atoms with E-state index in [0.717, 1.165) is 0 Å². The van der Waals surface area contributed by atoms with E-state index in [1.165, 1.54) is 12.1 Å². The van der Waals surface area contributed by atoms with Crippen LogP contribution in [0.4, 0.5) is 5.69 Å². The molecule has 1 rings (SSSR count). The van der Waals surface area contributed by atoms with Crippen molar-refractivity contribution in [3.63, 3.8) is 0 Å². The maximum atomic E-state index is 12.1. The first-order valence-corrected chi connectivity index (χ1v) is 6.20. The predicted molar refractivity (Wildman–Crippen MR) is 74.1 cm³/mol. The van der Waals surface area contributed by atoms with Gasteiger partial charge in [-0.15, -0.1) is 0 Å². The summed E-state index contributed by atoms with van der Waals surface area (Å²) in [4.78, 5) is 12.1. The van der Waals surface area contributed by atoms with Crippen LogP contribution >= 0.6 is 23.2 Å². The third-order valence-electron chi connectivity index (χ3n) is 2.48. The van der Waals surface area contributed by atoms with Crippen LogP contribution in [0.15, 0.2) is 12.1 Å². The lowest BCUT2D eigenvalue weighted by Crippen LogP contribution is -2.44. The van der Waals surface area contributed by atoms with Crippen LogP contribution in [-0.4, -0.2) is 23.2 Å². The fourth-order valence-electron chi connectivity index (χ4n) is 1.49. The topological polar surface area (TPSA) is 75.3 Å². The monoisotopic (exact) mass is 290 g/mol. The predicted octanol–water partition coefficient (Wildman–Crippen LogP) is 2.47. The molecule has 0 saturated carbocycles. The second kappa shape index (κ2) is 5.78. The zero-order valence-corrected chi connectivity index (χ0v) is 11.8. The molecule has 0 aliphatic heterocycles. The molecule has 0 unspecified atom stereocenters. The second-order valence-electron chi connectivity index (χ2n) is 4.68. The van der Waals surface area contributed by atoms with Crippen LogP contribution in [0.5, 0.6) is 0 Å². The highest BCUT2D eigenvalue weighted by Crippen LogP contribution is 2.29. The van der Waals surface area contributed by atoms with Crippen LogP contribution in [0.3, 0.4) is 0 Å². The minimum atomic E-state index is -0.535. The van der Waals surface area contributed by atoms with E-state index in [-0.39, 0.29) is 28.1 Å². The molecule has 0 heterocycles. The molecule has 18 heavy (non-hydrogen) atoms. The highest BCUT2D eigenvalue weighted by Gasteiger charge is 2.22. The van der Waals surface area contributed by atoms with E-state index in [0.29, 0.717) is 12.1 Å². The molecule has 1 aromatic carbocycles. The van der Waals surface area contributed by atoms with Gasteiger partial charge in [0.25, 0.3) is 5.91 Å². The molecule has 1 amide bonds. The molecule has 6 heteroatoms. The van der Waals surface area contributed by atoms with Gasteiger partial charge < -0.3 is 16.2 Å². The number of hydrogen-bond donors (Lipinski definition) is 3. The van der Waals surface area contributed by atoms with Crippen molar-refractivity contribution in [3.8, 4) is 0 Å². The Morgan fingerprint density at radius 3 is 2.61 bits per heavy atom. The Balaban J connectivity index is 2.98. The average molecular weight is 291 g/mol. The standard InChI is InChI=1S/C12H16Cl2N2O2/c1-12(2,3-4-17)16-11(18)8-5-7(15)6-9(13)10(8)14/h5-6,17H,3-4,15H2,1-2H3,(H,16,18). The number of benzene rings is 1. The van der Waals surface area contributed by atoms with Gasteiger partial charge in [0.05, 0.1) is 15.6 Å². The molecule has 0 saturated heterocycles. The molecule has 0 aromatic heterocycles. The molecule has 0 spiro atoms. The van der Waals surface area contributed by atoms with Gasteiger partial charge in [-0.1, -0.05) is 23.2 Å². The van der Waals surface area contributed by atoms with Crippen LogP contribution in [0.2, 0.25) is 10.0 Å². The van der Waals surface area contributed by atoms with Gasteiger partial charge in [-0.2, -0.15) is 0 Å². The lowest BCUT2D eigenvalue weighted by molar-refractivity contribution is 0.0899. The third-order valence-corrected chi connectivity index (χ3v) is 3.29. The Morgan fingerprint density at radius 1 is 1.44 bits per heavy atom. The normalized spacial score (nSPS) is 11.4. The van der Waals surface area contributed by atoms with Gasteiger partial charge in [-0.05, 0) is 32.4 Å². The van der Waals surface area contributed by atoms with E-state index in [1.807, 2.05) is 13.8 Å². The first kappa shape index (κ1) is 15.1. The van der Waals surface area contributed by atoms with Gasteiger partial charge in [0.1, 0.15) is 0 Å².